The molecule has 1 amide bonds. The Morgan fingerprint density at radius 1 is 1.35 bits per heavy atom. The molecule has 0 radical (unpaired) electrons. The van der Waals surface area contributed by atoms with Crippen molar-refractivity contribution in [2.45, 2.75) is 54.0 Å². The zero-order valence-corrected chi connectivity index (χ0v) is 12.2. The summed E-state index contributed by atoms with van der Waals surface area (Å²) >= 11 is 0. The number of hydrogen-bond donors (Lipinski definition) is 1. The zero-order valence-electron chi connectivity index (χ0n) is 12.2. The number of nitrogens with zero attached hydrogens (tertiary/aromatic N) is 1. The average molecular weight is 240 g/mol. The monoisotopic (exact) mass is 240 g/mol. The Hall–Kier alpha value is -0.570. The topological polar surface area (TPSA) is 32.3 Å². The molecule has 1 aliphatic heterocycles. The van der Waals surface area contributed by atoms with E-state index in [9.17, 15) is 4.79 Å². The van der Waals surface area contributed by atoms with E-state index in [-0.39, 0.29) is 17.4 Å². The van der Waals surface area contributed by atoms with Crippen molar-refractivity contribution in [3.05, 3.63) is 0 Å². The Kier molecular flexibility index (Phi) is 4.59. The molecule has 17 heavy (non-hydrogen) atoms. The van der Waals surface area contributed by atoms with Crippen LogP contribution < -0.4 is 5.32 Å². The van der Waals surface area contributed by atoms with Crippen molar-refractivity contribution in [1.29, 1.82) is 0 Å². The number of hydrogen-bond acceptors (Lipinski definition) is 2. The molecule has 1 heterocycles. The van der Waals surface area contributed by atoms with E-state index < -0.39 is 0 Å². The first-order valence-electron chi connectivity index (χ1n) is 6.74. The molecule has 1 fully saturated rings. The average Bonchev–Trinajstić information content (AvgIpc) is 2.47. The van der Waals surface area contributed by atoms with Gasteiger partial charge < -0.3 is 4.90 Å². The van der Waals surface area contributed by atoms with Gasteiger partial charge in [0.2, 0.25) is 5.91 Å². The Bertz CT molecular complexity index is 268. The van der Waals surface area contributed by atoms with E-state index in [1.54, 1.807) is 0 Å². The molecule has 0 aromatic heterocycles. The minimum absolute atomic E-state index is 0.0437. The van der Waals surface area contributed by atoms with E-state index in [0.717, 1.165) is 19.6 Å². The smallest absolute Gasteiger partial charge is 0.240 e. The summed E-state index contributed by atoms with van der Waals surface area (Å²) in [4.78, 5) is 14.1. The summed E-state index contributed by atoms with van der Waals surface area (Å²) in [5.74, 6) is 1.37. The Labute approximate surface area is 106 Å². The molecule has 0 aromatic rings. The fourth-order valence-corrected chi connectivity index (χ4v) is 2.02. The molecule has 2 atom stereocenters. The van der Waals surface area contributed by atoms with E-state index in [4.69, 9.17) is 0 Å². The number of amides is 1. The van der Waals surface area contributed by atoms with Crippen molar-refractivity contribution in [2.24, 2.45) is 17.3 Å². The number of rotatable bonds is 4. The molecule has 1 aliphatic rings. The maximum absolute atomic E-state index is 12.2. The third-order valence-electron chi connectivity index (χ3n) is 3.82. The van der Waals surface area contributed by atoms with Crippen LogP contribution in [0.5, 0.6) is 0 Å². The number of carbonyl (C=O) groups excluding carboxylic acids is 1. The van der Waals surface area contributed by atoms with Crippen LogP contribution in [0.3, 0.4) is 0 Å². The predicted molar refractivity (Wildman–Crippen MR) is 71.6 cm³/mol. The first-order valence-corrected chi connectivity index (χ1v) is 6.74. The minimum atomic E-state index is 0.0437. The second-order valence-electron chi connectivity index (χ2n) is 6.87. The predicted octanol–water partition coefficient (Wildman–Crippen LogP) is 2.47. The van der Waals surface area contributed by atoms with Gasteiger partial charge >= 0.3 is 0 Å². The molecule has 0 aromatic carbocycles. The lowest BCUT2D eigenvalue weighted by molar-refractivity contribution is -0.130. The lowest BCUT2D eigenvalue weighted by atomic mass is 9.82. The lowest BCUT2D eigenvalue weighted by Crippen LogP contribution is -2.37. The first kappa shape index (κ1) is 14.5. The van der Waals surface area contributed by atoms with Crippen LogP contribution in [0.25, 0.3) is 0 Å². The highest BCUT2D eigenvalue weighted by atomic mass is 16.2. The SMILES string of the molecule is CC(C)CC1NCN(CC(C)C(C)(C)C)C1=O. The van der Waals surface area contributed by atoms with Crippen molar-refractivity contribution in [2.75, 3.05) is 13.2 Å². The summed E-state index contributed by atoms with van der Waals surface area (Å²) in [5.41, 5.74) is 0.260. The van der Waals surface area contributed by atoms with Gasteiger partial charge in [-0.05, 0) is 23.7 Å². The van der Waals surface area contributed by atoms with Gasteiger partial charge in [-0.25, -0.2) is 0 Å². The normalized spacial score (nSPS) is 23.6. The number of carbonyl (C=O) groups is 1. The van der Waals surface area contributed by atoms with E-state index in [2.05, 4.69) is 46.9 Å². The van der Waals surface area contributed by atoms with Crippen molar-refractivity contribution in [3.63, 3.8) is 0 Å². The maximum atomic E-state index is 12.2. The molecule has 0 saturated carbocycles. The van der Waals surface area contributed by atoms with Crippen molar-refractivity contribution >= 4 is 5.91 Å². The van der Waals surface area contributed by atoms with Gasteiger partial charge in [0.05, 0.1) is 12.7 Å². The van der Waals surface area contributed by atoms with Gasteiger partial charge in [-0.3, -0.25) is 10.1 Å². The van der Waals surface area contributed by atoms with Crippen LogP contribution in [0, 0.1) is 17.3 Å². The van der Waals surface area contributed by atoms with Gasteiger partial charge in [-0.15, -0.1) is 0 Å². The summed E-state index contributed by atoms with van der Waals surface area (Å²) in [6.07, 6.45) is 0.944. The first-order chi connectivity index (χ1) is 7.71. The van der Waals surface area contributed by atoms with Crippen LogP contribution in [-0.4, -0.2) is 30.1 Å². The Balaban J connectivity index is 2.50. The van der Waals surface area contributed by atoms with E-state index in [1.165, 1.54) is 0 Å². The maximum Gasteiger partial charge on any atom is 0.240 e. The lowest BCUT2D eigenvalue weighted by Gasteiger charge is -2.30. The Morgan fingerprint density at radius 2 is 1.94 bits per heavy atom. The van der Waals surface area contributed by atoms with Crippen LogP contribution >= 0.6 is 0 Å². The second kappa shape index (κ2) is 5.38. The largest absolute Gasteiger partial charge is 0.328 e. The summed E-state index contributed by atoms with van der Waals surface area (Å²) in [5, 5.41) is 3.32. The van der Waals surface area contributed by atoms with E-state index in [1.807, 2.05) is 4.90 Å². The highest BCUT2D eigenvalue weighted by Crippen LogP contribution is 2.27. The molecule has 3 nitrogen and oxygen atoms in total. The zero-order chi connectivity index (χ0) is 13.2. The molecular weight excluding hydrogens is 212 g/mol. The van der Waals surface area contributed by atoms with Gasteiger partial charge in [0.1, 0.15) is 0 Å². The fourth-order valence-electron chi connectivity index (χ4n) is 2.02. The third-order valence-corrected chi connectivity index (χ3v) is 3.82. The molecule has 2 unspecified atom stereocenters. The molecule has 0 aliphatic carbocycles. The van der Waals surface area contributed by atoms with Crippen molar-refractivity contribution < 1.29 is 4.79 Å². The summed E-state index contributed by atoms with van der Waals surface area (Å²) in [6, 6.07) is 0.0437. The molecule has 0 spiro atoms. The molecule has 0 bridgehead atoms. The van der Waals surface area contributed by atoms with Crippen LogP contribution in [-0.2, 0) is 4.79 Å². The molecule has 100 valence electrons. The quantitative estimate of drug-likeness (QED) is 0.818. The summed E-state index contributed by atoms with van der Waals surface area (Å²) < 4.78 is 0. The summed E-state index contributed by atoms with van der Waals surface area (Å²) in [6.45, 7) is 14.8. The van der Waals surface area contributed by atoms with Gasteiger partial charge in [-0.2, -0.15) is 0 Å². The van der Waals surface area contributed by atoms with Gasteiger partial charge in [0.15, 0.2) is 0 Å². The molecule has 3 heteroatoms. The summed E-state index contributed by atoms with van der Waals surface area (Å²) in [7, 11) is 0. The standard InChI is InChI=1S/C14H28N2O/c1-10(2)7-12-13(17)16(9-15-12)8-11(3)14(4,5)6/h10-12,15H,7-9H2,1-6H3. The van der Waals surface area contributed by atoms with Crippen LogP contribution in [0.4, 0.5) is 0 Å². The Morgan fingerprint density at radius 3 is 2.41 bits per heavy atom. The molecule has 1 N–H and O–H groups in total. The highest BCUT2D eigenvalue weighted by Gasteiger charge is 2.33. The van der Waals surface area contributed by atoms with Gasteiger partial charge in [-0.1, -0.05) is 41.5 Å². The molecule has 1 rings (SSSR count). The molecular formula is C14H28N2O. The second-order valence-corrected chi connectivity index (χ2v) is 6.87. The van der Waals surface area contributed by atoms with E-state index >= 15 is 0 Å². The van der Waals surface area contributed by atoms with Crippen molar-refractivity contribution in [3.8, 4) is 0 Å². The van der Waals surface area contributed by atoms with E-state index in [0.29, 0.717) is 11.8 Å². The molecule has 1 saturated heterocycles. The number of nitrogens with one attached hydrogen (secondary N) is 1. The van der Waals surface area contributed by atoms with Gasteiger partial charge in [0, 0.05) is 6.54 Å². The van der Waals surface area contributed by atoms with Crippen LogP contribution in [0.2, 0.25) is 0 Å². The van der Waals surface area contributed by atoms with Gasteiger partial charge in [0.25, 0.3) is 0 Å². The highest BCUT2D eigenvalue weighted by molar-refractivity contribution is 5.83. The fraction of sp³-hybridized carbons (Fsp3) is 0.929. The van der Waals surface area contributed by atoms with Crippen LogP contribution in [0.1, 0.15) is 48.0 Å². The van der Waals surface area contributed by atoms with Crippen molar-refractivity contribution in [1.82, 2.24) is 10.2 Å². The third kappa shape index (κ3) is 3.98. The minimum Gasteiger partial charge on any atom is -0.328 e. The van der Waals surface area contributed by atoms with Crippen LogP contribution in [0.15, 0.2) is 0 Å².